The van der Waals surface area contributed by atoms with Crippen molar-refractivity contribution in [3.05, 3.63) is 11.6 Å². The van der Waals surface area contributed by atoms with Crippen LogP contribution in [-0.2, 0) is 0 Å². The SMILES string of the molecule is CC(C)(C)CC1=CC[C@H](Cl)C[C@@H]1Cl. The maximum absolute atomic E-state index is 6.23. The molecule has 0 saturated heterocycles. The van der Waals surface area contributed by atoms with Crippen LogP contribution in [0.5, 0.6) is 0 Å². The fourth-order valence-electron chi connectivity index (χ4n) is 1.67. The van der Waals surface area contributed by atoms with Gasteiger partial charge in [0.1, 0.15) is 0 Å². The molecule has 0 bridgehead atoms. The Labute approximate surface area is 91.3 Å². The lowest BCUT2D eigenvalue weighted by Crippen LogP contribution is -2.20. The summed E-state index contributed by atoms with van der Waals surface area (Å²) < 4.78 is 0. The number of allylic oxidation sites excluding steroid dienone is 2. The Kier molecular flexibility index (Phi) is 3.71. The second-order valence-corrected chi connectivity index (χ2v) is 6.20. The second kappa shape index (κ2) is 4.23. The highest BCUT2D eigenvalue weighted by Gasteiger charge is 2.24. The van der Waals surface area contributed by atoms with E-state index in [0.29, 0.717) is 5.41 Å². The predicted octanol–water partition coefficient (Wildman–Crippen LogP) is 4.36. The Morgan fingerprint density at radius 3 is 2.46 bits per heavy atom. The molecule has 0 heterocycles. The van der Waals surface area contributed by atoms with Crippen LogP contribution in [0.25, 0.3) is 0 Å². The number of alkyl halides is 2. The van der Waals surface area contributed by atoms with E-state index in [2.05, 4.69) is 26.8 Å². The van der Waals surface area contributed by atoms with Crippen molar-refractivity contribution in [1.29, 1.82) is 0 Å². The van der Waals surface area contributed by atoms with E-state index in [9.17, 15) is 0 Å². The van der Waals surface area contributed by atoms with E-state index in [1.165, 1.54) is 5.57 Å². The van der Waals surface area contributed by atoms with Gasteiger partial charge in [-0.15, -0.1) is 23.2 Å². The molecule has 0 nitrogen and oxygen atoms in total. The zero-order valence-electron chi connectivity index (χ0n) is 8.61. The number of hydrogen-bond acceptors (Lipinski definition) is 0. The first kappa shape index (κ1) is 11.4. The van der Waals surface area contributed by atoms with E-state index in [1.54, 1.807) is 0 Å². The van der Waals surface area contributed by atoms with Gasteiger partial charge in [-0.3, -0.25) is 0 Å². The van der Waals surface area contributed by atoms with Gasteiger partial charge in [0, 0.05) is 5.38 Å². The Balaban J connectivity index is 2.59. The van der Waals surface area contributed by atoms with Gasteiger partial charge in [0.25, 0.3) is 0 Å². The molecule has 2 atom stereocenters. The van der Waals surface area contributed by atoms with E-state index in [0.717, 1.165) is 19.3 Å². The molecule has 0 spiro atoms. The van der Waals surface area contributed by atoms with Gasteiger partial charge in [0.05, 0.1) is 5.38 Å². The summed E-state index contributed by atoms with van der Waals surface area (Å²) in [5, 5.41) is 0.404. The number of rotatable bonds is 1. The van der Waals surface area contributed by atoms with Gasteiger partial charge in [0.15, 0.2) is 0 Å². The fraction of sp³-hybridized carbons (Fsp3) is 0.818. The highest BCUT2D eigenvalue weighted by atomic mass is 35.5. The molecule has 0 saturated carbocycles. The highest BCUT2D eigenvalue weighted by Crippen LogP contribution is 2.34. The van der Waals surface area contributed by atoms with Crippen LogP contribution in [0.3, 0.4) is 0 Å². The summed E-state index contributed by atoms with van der Waals surface area (Å²) in [6, 6.07) is 0. The molecular weight excluding hydrogens is 203 g/mol. The highest BCUT2D eigenvalue weighted by molar-refractivity contribution is 6.25. The van der Waals surface area contributed by atoms with Gasteiger partial charge in [-0.2, -0.15) is 0 Å². The molecular formula is C11H18Cl2. The molecule has 13 heavy (non-hydrogen) atoms. The smallest absolute Gasteiger partial charge is 0.0559 e. The molecule has 0 amide bonds. The standard InChI is InChI=1S/C11H18Cl2/c1-11(2,3)7-8-4-5-9(12)6-10(8)13/h4,9-10H,5-7H2,1-3H3/t9-,10-/m0/s1. The van der Waals surface area contributed by atoms with Crippen LogP contribution in [0.1, 0.15) is 40.0 Å². The van der Waals surface area contributed by atoms with Crippen LogP contribution in [-0.4, -0.2) is 10.8 Å². The van der Waals surface area contributed by atoms with Crippen molar-refractivity contribution in [3.63, 3.8) is 0 Å². The Morgan fingerprint density at radius 1 is 1.38 bits per heavy atom. The molecule has 1 rings (SSSR count). The summed E-state index contributed by atoms with van der Waals surface area (Å²) in [5.41, 5.74) is 1.71. The molecule has 1 aliphatic carbocycles. The normalized spacial score (nSPS) is 30.1. The lowest BCUT2D eigenvalue weighted by molar-refractivity contribution is 0.400. The topological polar surface area (TPSA) is 0 Å². The van der Waals surface area contributed by atoms with Crippen LogP contribution >= 0.6 is 23.2 Å². The molecule has 0 N–H and O–H groups in total. The third-order valence-corrected chi connectivity index (χ3v) is 3.05. The van der Waals surface area contributed by atoms with Gasteiger partial charge in [-0.05, 0) is 24.7 Å². The van der Waals surface area contributed by atoms with Crippen LogP contribution in [0.2, 0.25) is 0 Å². The summed E-state index contributed by atoms with van der Waals surface area (Å²) in [7, 11) is 0. The van der Waals surface area contributed by atoms with Crippen molar-refractivity contribution in [1.82, 2.24) is 0 Å². The quantitative estimate of drug-likeness (QED) is 0.456. The zero-order valence-corrected chi connectivity index (χ0v) is 10.1. The fourth-order valence-corrected chi connectivity index (χ4v) is 2.41. The van der Waals surface area contributed by atoms with Crippen molar-refractivity contribution in [2.75, 3.05) is 0 Å². The average Bonchev–Trinajstić information content (AvgIpc) is 1.93. The monoisotopic (exact) mass is 220 g/mol. The Hall–Kier alpha value is 0.320. The molecule has 2 heteroatoms. The van der Waals surface area contributed by atoms with E-state index in [4.69, 9.17) is 23.2 Å². The van der Waals surface area contributed by atoms with E-state index >= 15 is 0 Å². The summed E-state index contributed by atoms with van der Waals surface area (Å²) in [6.45, 7) is 6.72. The summed E-state index contributed by atoms with van der Waals surface area (Å²) in [6.07, 6.45) is 5.22. The predicted molar refractivity (Wildman–Crippen MR) is 60.7 cm³/mol. The maximum atomic E-state index is 6.23. The van der Waals surface area contributed by atoms with Crippen molar-refractivity contribution < 1.29 is 0 Å². The third-order valence-electron chi connectivity index (χ3n) is 2.24. The van der Waals surface area contributed by atoms with Crippen molar-refractivity contribution >= 4 is 23.2 Å². The second-order valence-electron chi connectivity index (χ2n) is 5.05. The molecule has 0 aromatic heterocycles. The molecule has 1 aliphatic rings. The summed E-state index contributed by atoms with van der Waals surface area (Å²) >= 11 is 12.2. The first-order chi connectivity index (χ1) is 5.88. The lowest BCUT2D eigenvalue weighted by atomic mass is 9.83. The molecule has 0 radical (unpaired) electrons. The van der Waals surface area contributed by atoms with E-state index in [-0.39, 0.29) is 10.8 Å². The molecule has 0 aromatic rings. The van der Waals surface area contributed by atoms with Crippen molar-refractivity contribution in [2.24, 2.45) is 5.41 Å². The minimum atomic E-state index is 0.162. The van der Waals surface area contributed by atoms with Crippen LogP contribution in [0.4, 0.5) is 0 Å². The minimum absolute atomic E-state index is 0.162. The maximum Gasteiger partial charge on any atom is 0.0559 e. The molecule has 0 aliphatic heterocycles. The number of halogens is 2. The third kappa shape index (κ3) is 3.91. The largest absolute Gasteiger partial charge is 0.123 e. The Morgan fingerprint density at radius 2 is 2.00 bits per heavy atom. The molecule has 0 fully saturated rings. The zero-order chi connectivity index (χ0) is 10.1. The number of hydrogen-bond donors (Lipinski definition) is 0. The van der Waals surface area contributed by atoms with Crippen LogP contribution in [0.15, 0.2) is 11.6 Å². The average molecular weight is 221 g/mol. The molecule has 0 unspecified atom stereocenters. The van der Waals surface area contributed by atoms with Gasteiger partial charge in [-0.1, -0.05) is 32.4 Å². The van der Waals surface area contributed by atoms with Gasteiger partial charge < -0.3 is 0 Å². The van der Waals surface area contributed by atoms with E-state index < -0.39 is 0 Å². The van der Waals surface area contributed by atoms with Gasteiger partial charge in [0.2, 0.25) is 0 Å². The molecule has 0 aromatic carbocycles. The summed E-state index contributed by atoms with van der Waals surface area (Å²) in [5.74, 6) is 0. The van der Waals surface area contributed by atoms with Gasteiger partial charge in [-0.25, -0.2) is 0 Å². The van der Waals surface area contributed by atoms with Crippen LogP contribution in [0, 0.1) is 5.41 Å². The minimum Gasteiger partial charge on any atom is -0.123 e. The first-order valence-electron chi connectivity index (χ1n) is 4.85. The Bertz CT molecular complexity index is 201. The summed E-state index contributed by atoms with van der Waals surface area (Å²) in [4.78, 5) is 0. The molecule has 76 valence electrons. The van der Waals surface area contributed by atoms with Crippen molar-refractivity contribution in [2.45, 2.75) is 50.8 Å². The lowest BCUT2D eigenvalue weighted by Gasteiger charge is -2.27. The van der Waals surface area contributed by atoms with Gasteiger partial charge >= 0.3 is 0 Å². The van der Waals surface area contributed by atoms with Crippen LogP contribution < -0.4 is 0 Å². The first-order valence-corrected chi connectivity index (χ1v) is 5.73. The van der Waals surface area contributed by atoms with Crippen molar-refractivity contribution in [3.8, 4) is 0 Å². The van der Waals surface area contributed by atoms with E-state index in [1.807, 2.05) is 0 Å².